The third-order valence-corrected chi connectivity index (χ3v) is 6.51. The van der Waals surface area contributed by atoms with E-state index in [-0.39, 0.29) is 5.88 Å². The van der Waals surface area contributed by atoms with Gasteiger partial charge in [0.2, 0.25) is 11.8 Å². The van der Waals surface area contributed by atoms with Gasteiger partial charge >= 0.3 is 0 Å². The summed E-state index contributed by atoms with van der Waals surface area (Å²) in [4.78, 5) is 10.6. The molecule has 2 fully saturated rings. The van der Waals surface area contributed by atoms with Crippen LogP contribution in [0.1, 0.15) is 39.5 Å². The summed E-state index contributed by atoms with van der Waals surface area (Å²) in [6, 6.07) is 8.00. The number of benzene rings is 1. The second-order valence-electron chi connectivity index (χ2n) is 9.30. The average molecular weight is 445 g/mol. The molecule has 2 aliphatic rings. The van der Waals surface area contributed by atoms with E-state index >= 15 is 0 Å². The molecule has 1 saturated heterocycles. The zero-order valence-electron chi connectivity index (χ0n) is 18.9. The summed E-state index contributed by atoms with van der Waals surface area (Å²) >= 11 is 0. The third kappa shape index (κ3) is 5.86. The first kappa shape index (κ1) is 22.7. The molecule has 0 radical (unpaired) electrons. The standard InChI is InChI=1S/C24H33FN4O3/c1-24(2,30)18-5-3-17(4-6-18)16-32-22-21(25)15-26-23(28-22)27-19-7-9-20(10-8-19)29-11-13-31-14-12-29/h7-10,15,17-18,30H,3-6,11-14,16H2,1-2H3,(H,26,27,28)/t17-,18-. The zero-order chi connectivity index (χ0) is 22.6. The number of morpholine rings is 1. The Hall–Kier alpha value is -2.45. The summed E-state index contributed by atoms with van der Waals surface area (Å²) in [5.74, 6) is 0.346. The molecule has 1 aliphatic heterocycles. The molecule has 8 heteroatoms. The molecule has 0 bridgehead atoms. The van der Waals surface area contributed by atoms with Crippen LogP contribution in [0.2, 0.25) is 0 Å². The summed E-state index contributed by atoms with van der Waals surface area (Å²) in [5, 5.41) is 13.3. The van der Waals surface area contributed by atoms with Crippen LogP contribution in [0.5, 0.6) is 5.88 Å². The van der Waals surface area contributed by atoms with Crippen molar-refractivity contribution in [2.45, 2.75) is 45.1 Å². The summed E-state index contributed by atoms with van der Waals surface area (Å²) < 4.78 is 25.3. The van der Waals surface area contributed by atoms with E-state index in [0.717, 1.165) is 69.6 Å². The SMILES string of the molecule is CC(C)(O)[C@H]1CC[C@H](COc2nc(Nc3ccc(N4CCOCC4)cc3)ncc2F)CC1. The lowest BCUT2D eigenvalue weighted by molar-refractivity contribution is -0.00922. The number of nitrogens with one attached hydrogen (secondary N) is 1. The fourth-order valence-corrected chi connectivity index (χ4v) is 4.45. The Bertz CT molecular complexity index is 874. The van der Waals surface area contributed by atoms with E-state index in [1.807, 2.05) is 38.1 Å². The van der Waals surface area contributed by atoms with Gasteiger partial charge in [0.05, 0.1) is 31.6 Å². The van der Waals surface area contributed by atoms with Gasteiger partial charge in [-0.2, -0.15) is 9.37 Å². The number of ether oxygens (including phenoxy) is 2. The highest BCUT2D eigenvalue weighted by Gasteiger charge is 2.31. The summed E-state index contributed by atoms with van der Waals surface area (Å²) in [5.41, 5.74) is 1.32. The molecule has 174 valence electrons. The largest absolute Gasteiger partial charge is 0.475 e. The molecule has 0 spiro atoms. The van der Waals surface area contributed by atoms with Gasteiger partial charge in [-0.05, 0) is 75.6 Å². The molecule has 0 amide bonds. The van der Waals surface area contributed by atoms with E-state index in [4.69, 9.17) is 9.47 Å². The van der Waals surface area contributed by atoms with Crippen LogP contribution in [-0.2, 0) is 4.74 Å². The number of aliphatic hydroxyl groups is 1. The first-order chi connectivity index (χ1) is 15.4. The van der Waals surface area contributed by atoms with Crippen LogP contribution in [-0.4, -0.2) is 53.6 Å². The molecule has 0 unspecified atom stereocenters. The van der Waals surface area contributed by atoms with Gasteiger partial charge in [0.1, 0.15) is 0 Å². The number of anilines is 3. The molecule has 0 atom stereocenters. The average Bonchev–Trinajstić information content (AvgIpc) is 2.80. The molecule has 7 nitrogen and oxygen atoms in total. The molecule has 1 aromatic heterocycles. The van der Waals surface area contributed by atoms with E-state index in [9.17, 15) is 9.50 Å². The number of nitrogens with zero attached hydrogens (tertiary/aromatic N) is 3. The molecule has 2 aromatic rings. The molecule has 32 heavy (non-hydrogen) atoms. The van der Waals surface area contributed by atoms with E-state index in [1.165, 1.54) is 0 Å². The van der Waals surface area contributed by atoms with E-state index in [1.54, 1.807) is 0 Å². The van der Waals surface area contributed by atoms with Gasteiger partial charge in [0.15, 0.2) is 0 Å². The molecular formula is C24H33FN4O3. The van der Waals surface area contributed by atoms with Crippen molar-refractivity contribution >= 4 is 17.3 Å². The summed E-state index contributed by atoms with van der Waals surface area (Å²) in [7, 11) is 0. The number of rotatable bonds is 7. The lowest BCUT2D eigenvalue weighted by Crippen LogP contribution is -2.36. The minimum Gasteiger partial charge on any atom is -0.475 e. The Morgan fingerprint density at radius 1 is 1.16 bits per heavy atom. The van der Waals surface area contributed by atoms with Crippen LogP contribution < -0.4 is 15.0 Å². The van der Waals surface area contributed by atoms with Gasteiger partial charge in [-0.15, -0.1) is 0 Å². The van der Waals surface area contributed by atoms with Crippen molar-refractivity contribution in [2.24, 2.45) is 11.8 Å². The van der Waals surface area contributed by atoms with E-state index in [0.29, 0.717) is 24.4 Å². The highest BCUT2D eigenvalue weighted by molar-refractivity contribution is 5.59. The van der Waals surface area contributed by atoms with Crippen LogP contribution >= 0.6 is 0 Å². The van der Waals surface area contributed by atoms with Crippen LogP contribution in [0.15, 0.2) is 30.5 Å². The smallest absolute Gasteiger partial charge is 0.255 e. The Morgan fingerprint density at radius 3 is 2.50 bits per heavy atom. The van der Waals surface area contributed by atoms with Gasteiger partial charge < -0.3 is 24.8 Å². The van der Waals surface area contributed by atoms with Crippen molar-refractivity contribution in [3.8, 4) is 5.88 Å². The fraction of sp³-hybridized carbons (Fsp3) is 0.583. The van der Waals surface area contributed by atoms with Gasteiger partial charge in [-0.3, -0.25) is 0 Å². The Morgan fingerprint density at radius 2 is 1.84 bits per heavy atom. The monoisotopic (exact) mass is 444 g/mol. The van der Waals surface area contributed by atoms with Crippen molar-refractivity contribution in [2.75, 3.05) is 43.1 Å². The molecule has 1 saturated carbocycles. The minimum absolute atomic E-state index is 0.0305. The van der Waals surface area contributed by atoms with Crippen LogP contribution in [0, 0.1) is 17.7 Å². The Labute approximate surface area is 189 Å². The van der Waals surface area contributed by atoms with Gasteiger partial charge in [-0.25, -0.2) is 4.98 Å². The molecule has 2 heterocycles. The zero-order valence-corrected chi connectivity index (χ0v) is 18.9. The van der Waals surface area contributed by atoms with E-state index in [2.05, 4.69) is 20.2 Å². The maximum absolute atomic E-state index is 14.2. The summed E-state index contributed by atoms with van der Waals surface area (Å²) in [6.07, 6.45) is 4.97. The number of halogens is 1. The fourth-order valence-electron chi connectivity index (χ4n) is 4.45. The normalized spacial score (nSPS) is 21.9. The minimum atomic E-state index is -0.647. The van der Waals surface area contributed by atoms with Crippen molar-refractivity contribution in [3.05, 3.63) is 36.3 Å². The Balaban J connectivity index is 1.32. The highest BCUT2D eigenvalue weighted by atomic mass is 19.1. The maximum atomic E-state index is 14.2. The van der Waals surface area contributed by atoms with Gasteiger partial charge in [0, 0.05) is 24.5 Å². The Kier molecular flexibility index (Phi) is 7.10. The van der Waals surface area contributed by atoms with Crippen molar-refractivity contribution in [1.82, 2.24) is 9.97 Å². The van der Waals surface area contributed by atoms with Crippen molar-refractivity contribution in [3.63, 3.8) is 0 Å². The van der Waals surface area contributed by atoms with Crippen molar-refractivity contribution < 1.29 is 19.0 Å². The van der Waals surface area contributed by atoms with Crippen LogP contribution in [0.3, 0.4) is 0 Å². The predicted octanol–water partition coefficient (Wildman–Crippen LogP) is 4.15. The molecular weight excluding hydrogens is 411 g/mol. The third-order valence-electron chi connectivity index (χ3n) is 6.51. The second-order valence-corrected chi connectivity index (χ2v) is 9.30. The molecule has 4 rings (SSSR count). The van der Waals surface area contributed by atoms with Crippen LogP contribution in [0.25, 0.3) is 0 Å². The lowest BCUT2D eigenvalue weighted by atomic mass is 9.75. The number of hydrogen-bond acceptors (Lipinski definition) is 7. The first-order valence-electron chi connectivity index (χ1n) is 11.5. The van der Waals surface area contributed by atoms with Gasteiger partial charge in [-0.1, -0.05) is 0 Å². The maximum Gasteiger partial charge on any atom is 0.255 e. The number of aromatic nitrogens is 2. The lowest BCUT2D eigenvalue weighted by Gasteiger charge is -2.35. The van der Waals surface area contributed by atoms with E-state index < -0.39 is 11.4 Å². The quantitative estimate of drug-likeness (QED) is 0.664. The first-order valence-corrected chi connectivity index (χ1v) is 11.5. The number of hydrogen-bond donors (Lipinski definition) is 2. The molecule has 2 N–H and O–H groups in total. The molecule has 1 aliphatic carbocycles. The summed E-state index contributed by atoms with van der Waals surface area (Å²) in [6.45, 7) is 7.41. The molecule has 1 aromatic carbocycles. The second kappa shape index (κ2) is 10.0. The van der Waals surface area contributed by atoms with Gasteiger partial charge in [0.25, 0.3) is 5.88 Å². The topological polar surface area (TPSA) is 79.7 Å². The van der Waals surface area contributed by atoms with Crippen LogP contribution in [0.4, 0.5) is 21.7 Å². The highest BCUT2D eigenvalue weighted by Crippen LogP contribution is 2.35. The predicted molar refractivity (Wildman–Crippen MR) is 122 cm³/mol. The van der Waals surface area contributed by atoms with Crippen molar-refractivity contribution in [1.29, 1.82) is 0 Å².